The lowest BCUT2D eigenvalue weighted by molar-refractivity contribution is -0.384. The molecule has 2 aromatic carbocycles. The van der Waals surface area contributed by atoms with Crippen LogP contribution in [0, 0.1) is 10.1 Å². The van der Waals surface area contributed by atoms with Gasteiger partial charge in [-0.15, -0.1) is 0 Å². The predicted octanol–water partition coefficient (Wildman–Crippen LogP) is 3.21. The van der Waals surface area contributed by atoms with Crippen LogP contribution in [0.3, 0.4) is 0 Å². The molecule has 0 bridgehead atoms. The Morgan fingerprint density at radius 2 is 1.76 bits per heavy atom. The second-order valence-corrected chi connectivity index (χ2v) is 5.20. The molecule has 0 aliphatic heterocycles. The van der Waals surface area contributed by atoms with Crippen LogP contribution in [0.15, 0.2) is 54.6 Å². The maximum Gasteiger partial charge on any atom is 0.415 e. The van der Waals surface area contributed by atoms with Crippen molar-refractivity contribution in [2.75, 3.05) is 4.90 Å². The van der Waals surface area contributed by atoms with Crippen LogP contribution in [-0.2, 0) is 16.1 Å². The number of hydrogen-bond donors (Lipinski definition) is 1. The fourth-order valence-corrected chi connectivity index (χ4v) is 2.12. The summed E-state index contributed by atoms with van der Waals surface area (Å²) in [7, 11) is 0. The van der Waals surface area contributed by atoms with E-state index in [1.54, 1.807) is 24.3 Å². The number of carbonyl (C=O) groups is 2. The number of benzene rings is 2. The average molecular weight is 344 g/mol. The van der Waals surface area contributed by atoms with Crippen LogP contribution in [0.5, 0.6) is 0 Å². The second kappa shape index (κ2) is 7.91. The molecular weight excluding hydrogens is 328 g/mol. The molecule has 0 radical (unpaired) electrons. The summed E-state index contributed by atoms with van der Waals surface area (Å²) >= 11 is 0. The van der Waals surface area contributed by atoms with Crippen molar-refractivity contribution < 1.29 is 24.4 Å². The molecule has 0 spiro atoms. The summed E-state index contributed by atoms with van der Waals surface area (Å²) in [6, 6.07) is 12.7. The van der Waals surface area contributed by atoms with E-state index in [0.29, 0.717) is 0 Å². The van der Waals surface area contributed by atoms with Crippen molar-refractivity contribution in [3.8, 4) is 0 Å². The van der Waals surface area contributed by atoms with Gasteiger partial charge in [0.05, 0.1) is 4.92 Å². The Kier molecular flexibility index (Phi) is 5.67. The van der Waals surface area contributed by atoms with E-state index in [0.717, 1.165) is 10.5 Å². The van der Waals surface area contributed by atoms with E-state index in [1.807, 2.05) is 6.07 Å². The fraction of sp³-hybridized carbons (Fsp3) is 0.176. The van der Waals surface area contributed by atoms with E-state index in [-0.39, 0.29) is 18.0 Å². The molecule has 1 amide bonds. The van der Waals surface area contributed by atoms with Gasteiger partial charge in [-0.2, -0.15) is 0 Å². The van der Waals surface area contributed by atoms with Gasteiger partial charge in [0.15, 0.2) is 0 Å². The molecule has 0 fully saturated rings. The molecule has 0 aliphatic carbocycles. The van der Waals surface area contributed by atoms with Gasteiger partial charge in [-0.05, 0) is 24.6 Å². The molecule has 2 rings (SSSR count). The van der Waals surface area contributed by atoms with Crippen LogP contribution in [0.2, 0.25) is 0 Å². The first-order valence-electron chi connectivity index (χ1n) is 7.37. The molecule has 1 atom stereocenters. The zero-order chi connectivity index (χ0) is 18.4. The molecule has 130 valence electrons. The maximum atomic E-state index is 12.4. The second-order valence-electron chi connectivity index (χ2n) is 5.20. The lowest BCUT2D eigenvalue weighted by Gasteiger charge is -2.25. The number of aliphatic carboxylic acids is 1. The predicted molar refractivity (Wildman–Crippen MR) is 89.3 cm³/mol. The van der Waals surface area contributed by atoms with Crippen LogP contribution < -0.4 is 4.90 Å². The topological polar surface area (TPSA) is 110 Å². The minimum absolute atomic E-state index is 0.0184. The number of non-ortho nitro benzene ring substituents is 1. The highest BCUT2D eigenvalue weighted by atomic mass is 16.6. The molecule has 0 aromatic heterocycles. The summed E-state index contributed by atoms with van der Waals surface area (Å²) in [6.07, 6.45) is -0.854. The zero-order valence-corrected chi connectivity index (χ0v) is 13.4. The van der Waals surface area contributed by atoms with Crippen molar-refractivity contribution in [1.82, 2.24) is 0 Å². The number of carboxylic acids is 1. The van der Waals surface area contributed by atoms with Crippen molar-refractivity contribution in [2.24, 2.45) is 0 Å². The van der Waals surface area contributed by atoms with E-state index < -0.39 is 23.0 Å². The molecule has 1 unspecified atom stereocenters. The monoisotopic (exact) mass is 344 g/mol. The lowest BCUT2D eigenvalue weighted by Crippen LogP contribution is -2.43. The number of nitrogens with zero attached hydrogens (tertiary/aromatic N) is 2. The zero-order valence-electron chi connectivity index (χ0n) is 13.4. The molecule has 8 heteroatoms. The molecular formula is C17H16N2O6. The molecule has 0 heterocycles. The van der Waals surface area contributed by atoms with Crippen molar-refractivity contribution >= 4 is 23.4 Å². The van der Waals surface area contributed by atoms with Crippen LogP contribution in [0.25, 0.3) is 0 Å². The van der Waals surface area contributed by atoms with Gasteiger partial charge < -0.3 is 9.84 Å². The van der Waals surface area contributed by atoms with E-state index >= 15 is 0 Å². The normalized spacial score (nSPS) is 11.4. The van der Waals surface area contributed by atoms with E-state index in [4.69, 9.17) is 4.74 Å². The highest BCUT2D eigenvalue weighted by Crippen LogP contribution is 2.22. The third-order valence-corrected chi connectivity index (χ3v) is 3.49. The first kappa shape index (κ1) is 17.9. The molecule has 25 heavy (non-hydrogen) atoms. The number of carboxylic acid groups (broad SMARTS) is 1. The number of nitro groups is 1. The number of nitro benzene ring substituents is 1. The van der Waals surface area contributed by atoms with Gasteiger partial charge in [-0.1, -0.05) is 30.3 Å². The lowest BCUT2D eigenvalue weighted by atomic mass is 10.2. The van der Waals surface area contributed by atoms with Gasteiger partial charge in [0.2, 0.25) is 0 Å². The van der Waals surface area contributed by atoms with Crippen LogP contribution >= 0.6 is 0 Å². The average Bonchev–Trinajstić information content (AvgIpc) is 2.61. The largest absolute Gasteiger partial charge is 0.480 e. The van der Waals surface area contributed by atoms with Crippen LogP contribution in [0.1, 0.15) is 12.5 Å². The summed E-state index contributed by atoms with van der Waals surface area (Å²) in [5, 5.41) is 20.0. The number of rotatable bonds is 6. The van der Waals surface area contributed by atoms with Gasteiger partial charge in [-0.3, -0.25) is 15.0 Å². The van der Waals surface area contributed by atoms with Gasteiger partial charge in [-0.25, -0.2) is 9.59 Å². The van der Waals surface area contributed by atoms with E-state index in [2.05, 4.69) is 0 Å². The third kappa shape index (κ3) is 4.54. The molecule has 0 saturated carbocycles. The summed E-state index contributed by atoms with van der Waals surface area (Å²) in [5.74, 6) is -1.23. The standard InChI is InChI=1S/C17H16N2O6/c1-12(16(20)21)18(14-7-9-15(10-8-14)19(23)24)17(22)25-11-13-5-3-2-4-6-13/h2-10,12H,11H2,1H3,(H,20,21). The maximum absolute atomic E-state index is 12.4. The number of carbonyl (C=O) groups excluding carboxylic acids is 1. The molecule has 8 nitrogen and oxygen atoms in total. The quantitative estimate of drug-likeness (QED) is 0.636. The molecule has 2 aromatic rings. The van der Waals surface area contributed by atoms with Crippen LogP contribution in [0.4, 0.5) is 16.2 Å². The van der Waals surface area contributed by atoms with E-state index in [9.17, 15) is 24.8 Å². The Hall–Kier alpha value is -3.42. The summed E-state index contributed by atoms with van der Waals surface area (Å²) < 4.78 is 5.18. The van der Waals surface area contributed by atoms with Crippen molar-refractivity contribution in [3.05, 3.63) is 70.3 Å². The Morgan fingerprint density at radius 1 is 1.16 bits per heavy atom. The highest BCUT2D eigenvalue weighted by Gasteiger charge is 2.29. The fourth-order valence-electron chi connectivity index (χ4n) is 2.12. The highest BCUT2D eigenvalue weighted by molar-refractivity contribution is 5.95. The number of anilines is 1. The van der Waals surface area contributed by atoms with Crippen molar-refractivity contribution in [3.63, 3.8) is 0 Å². The number of ether oxygens (including phenoxy) is 1. The van der Waals surface area contributed by atoms with Crippen molar-refractivity contribution in [2.45, 2.75) is 19.6 Å². The Labute approximate surface area is 143 Å². The Balaban J connectivity index is 2.21. The Morgan fingerprint density at radius 3 is 2.28 bits per heavy atom. The Bertz CT molecular complexity index is 760. The van der Waals surface area contributed by atoms with Gasteiger partial charge in [0, 0.05) is 17.8 Å². The third-order valence-electron chi connectivity index (χ3n) is 3.49. The first-order valence-corrected chi connectivity index (χ1v) is 7.37. The van der Waals surface area contributed by atoms with Crippen LogP contribution in [-0.4, -0.2) is 28.1 Å². The van der Waals surface area contributed by atoms with Gasteiger partial charge in [0.25, 0.3) is 5.69 Å². The molecule has 0 aliphatic rings. The summed E-state index contributed by atoms with van der Waals surface area (Å²) in [6.45, 7) is 1.31. The van der Waals surface area contributed by atoms with Gasteiger partial charge in [0.1, 0.15) is 12.6 Å². The molecule has 0 saturated heterocycles. The summed E-state index contributed by atoms with van der Waals surface area (Å²) in [5.41, 5.74) is 0.783. The smallest absolute Gasteiger partial charge is 0.415 e. The summed E-state index contributed by atoms with van der Waals surface area (Å²) in [4.78, 5) is 34.8. The van der Waals surface area contributed by atoms with Crippen molar-refractivity contribution in [1.29, 1.82) is 0 Å². The van der Waals surface area contributed by atoms with Gasteiger partial charge >= 0.3 is 12.1 Å². The molecule has 1 N–H and O–H groups in total. The first-order chi connectivity index (χ1) is 11.9. The SMILES string of the molecule is CC(C(=O)O)N(C(=O)OCc1ccccc1)c1ccc([N+](=O)[O-])cc1. The minimum Gasteiger partial charge on any atom is -0.480 e. The number of hydrogen-bond acceptors (Lipinski definition) is 5. The number of amides is 1. The minimum atomic E-state index is -1.23. The van der Waals surface area contributed by atoms with E-state index in [1.165, 1.54) is 31.2 Å².